The quantitative estimate of drug-likeness (QED) is 0.722. The van der Waals surface area contributed by atoms with Gasteiger partial charge in [0.15, 0.2) is 0 Å². The second-order valence-electron chi connectivity index (χ2n) is 3.88. The summed E-state index contributed by atoms with van der Waals surface area (Å²) in [5, 5.41) is 0. The molecule has 0 spiro atoms. The average molecular weight is 189 g/mol. The van der Waals surface area contributed by atoms with E-state index in [0.717, 1.165) is 12.2 Å². The van der Waals surface area contributed by atoms with Crippen molar-refractivity contribution in [2.24, 2.45) is 0 Å². The molecule has 0 amide bonds. The minimum Gasteiger partial charge on any atom is -0.399 e. The van der Waals surface area contributed by atoms with Gasteiger partial charge in [0.1, 0.15) is 0 Å². The third kappa shape index (κ3) is 2.48. The lowest BCUT2D eigenvalue weighted by atomic mass is 10.1. The lowest BCUT2D eigenvalue weighted by Gasteiger charge is -2.26. The first-order valence-corrected chi connectivity index (χ1v) is 5.23. The van der Waals surface area contributed by atoms with Crippen molar-refractivity contribution in [2.75, 3.05) is 18.8 Å². The van der Waals surface area contributed by atoms with Crippen LogP contribution in [0.1, 0.15) is 18.4 Å². The van der Waals surface area contributed by atoms with Gasteiger partial charge in [-0.25, -0.2) is 0 Å². The second-order valence-corrected chi connectivity index (χ2v) is 3.88. The van der Waals surface area contributed by atoms with Crippen LogP contribution in [-0.4, -0.2) is 18.0 Å². The molecular formula is C12H17N2. The number of nitrogens with zero attached hydrogens (tertiary/aromatic N) is 1. The van der Waals surface area contributed by atoms with Crippen molar-refractivity contribution in [2.45, 2.75) is 19.4 Å². The molecule has 0 saturated carbocycles. The fourth-order valence-electron chi connectivity index (χ4n) is 1.84. The summed E-state index contributed by atoms with van der Waals surface area (Å²) in [6.45, 7) is 3.46. The number of nitrogen functional groups attached to an aromatic ring is 1. The average Bonchev–Trinajstić information content (AvgIpc) is 2.23. The molecule has 1 saturated heterocycles. The second kappa shape index (κ2) is 4.47. The Morgan fingerprint density at radius 3 is 2.36 bits per heavy atom. The molecule has 2 rings (SSSR count). The van der Waals surface area contributed by atoms with Gasteiger partial charge < -0.3 is 5.73 Å². The monoisotopic (exact) mass is 189 g/mol. The van der Waals surface area contributed by atoms with Crippen molar-refractivity contribution in [3.05, 3.63) is 36.2 Å². The Balaban J connectivity index is 1.92. The molecule has 1 aliphatic rings. The molecule has 75 valence electrons. The van der Waals surface area contributed by atoms with Gasteiger partial charge in [-0.05, 0) is 50.0 Å². The maximum atomic E-state index is 5.64. The molecular weight excluding hydrogens is 172 g/mol. The summed E-state index contributed by atoms with van der Waals surface area (Å²) in [6.07, 6.45) is 4.84. The molecule has 1 radical (unpaired) electrons. The van der Waals surface area contributed by atoms with Crippen molar-refractivity contribution in [1.82, 2.24) is 4.90 Å². The first kappa shape index (κ1) is 9.53. The molecule has 1 fully saturated rings. The van der Waals surface area contributed by atoms with Crippen molar-refractivity contribution in [1.29, 1.82) is 0 Å². The van der Waals surface area contributed by atoms with Gasteiger partial charge in [0.25, 0.3) is 0 Å². The molecule has 0 atom stereocenters. The van der Waals surface area contributed by atoms with Crippen molar-refractivity contribution >= 4 is 5.69 Å². The smallest absolute Gasteiger partial charge is 0.0314 e. The highest BCUT2D eigenvalue weighted by Crippen LogP contribution is 2.13. The fraction of sp³-hybridized carbons (Fsp3) is 0.417. The Kier molecular flexibility index (Phi) is 3.04. The molecule has 0 unspecified atom stereocenters. The lowest BCUT2D eigenvalue weighted by molar-refractivity contribution is 0.246. The van der Waals surface area contributed by atoms with Crippen molar-refractivity contribution in [3.63, 3.8) is 0 Å². The van der Waals surface area contributed by atoms with E-state index in [-0.39, 0.29) is 0 Å². The van der Waals surface area contributed by atoms with E-state index in [1.54, 1.807) is 0 Å². The normalized spacial score (nSPS) is 18.3. The van der Waals surface area contributed by atoms with Crippen LogP contribution in [0.5, 0.6) is 0 Å². The van der Waals surface area contributed by atoms with E-state index in [1.165, 1.54) is 31.5 Å². The van der Waals surface area contributed by atoms with E-state index < -0.39 is 0 Å². The van der Waals surface area contributed by atoms with Gasteiger partial charge in [0.2, 0.25) is 0 Å². The Morgan fingerprint density at radius 1 is 1.07 bits per heavy atom. The molecule has 1 aromatic rings. The zero-order chi connectivity index (χ0) is 9.80. The first-order valence-electron chi connectivity index (χ1n) is 5.23. The van der Waals surface area contributed by atoms with Crippen LogP contribution in [0.15, 0.2) is 24.3 Å². The molecule has 0 aliphatic carbocycles. The Morgan fingerprint density at radius 2 is 1.71 bits per heavy atom. The zero-order valence-electron chi connectivity index (χ0n) is 8.45. The highest BCUT2D eigenvalue weighted by Gasteiger charge is 2.09. The van der Waals surface area contributed by atoms with Gasteiger partial charge in [0, 0.05) is 12.2 Å². The molecule has 1 heterocycles. The highest BCUT2D eigenvalue weighted by atomic mass is 15.1. The summed E-state index contributed by atoms with van der Waals surface area (Å²) in [7, 11) is 0. The van der Waals surface area contributed by atoms with Crippen LogP contribution in [-0.2, 0) is 6.54 Å². The summed E-state index contributed by atoms with van der Waals surface area (Å²) in [5.41, 5.74) is 7.85. The molecule has 2 heteroatoms. The van der Waals surface area contributed by atoms with Crippen LogP contribution in [0.25, 0.3) is 0 Å². The van der Waals surface area contributed by atoms with Crippen molar-refractivity contribution < 1.29 is 0 Å². The minimum absolute atomic E-state index is 0.848. The van der Waals surface area contributed by atoms with Crippen LogP contribution >= 0.6 is 0 Å². The molecule has 0 aromatic heterocycles. The van der Waals surface area contributed by atoms with E-state index >= 15 is 0 Å². The number of likely N-dealkylation sites (tertiary alicyclic amines) is 1. The third-order valence-corrected chi connectivity index (χ3v) is 2.68. The maximum absolute atomic E-state index is 5.64. The van der Waals surface area contributed by atoms with E-state index in [4.69, 9.17) is 5.73 Å². The third-order valence-electron chi connectivity index (χ3n) is 2.68. The van der Waals surface area contributed by atoms with E-state index in [0.29, 0.717) is 0 Å². The summed E-state index contributed by atoms with van der Waals surface area (Å²) in [6, 6.07) is 8.19. The molecule has 1 aromatic carbocycles. The van der Waals surface area contributed by atoms with Crippen LogP contribution in [0.4, 0.5) is 5.69 Å². The SMILES string of the molecule is Nc1ccc(CN2CC[CH]CC2)cc1. The maximum Gasteiger partial charge on any atom is 0.0314 e. The molecule has 1 aliphatic heterocycles. The largest absolute Gasteiger partial charge is 0.399 e. The zero-order valence-corrected chi connectivity index (χ0v) is 8.45. The van der Waals surface area contributed by atoms with Gasteiger partial charge in [-0.3, -0.25) is 4.90 Å². The van der Waals surface area contributed by atoms with Crippen LogP contribution in [0, 0.1) is 6.42 Å². The standard InChI is InChI=1S/C12H17N2/c13-12-6-4-11(5-7-12)10-14-8-2-1-3-9-14/h1,4-7H,2-3,8-10,13H2. The first-order chi connectivity index (χ1) is 6.84. The number of hydrogen-bond acceptors (Lipinski definition) is 2. The number of nitrogens with two attached hydrogens (primary N) is 1. The Hall–Kier alpha value is -1.02. The topological polar surface area (TPSA) is 29.3 Å². The number of anilines is 1. The lowest BCUT2D eigenvalue weighted by Crippen LogP contribution is -2.29. The Labute approximate surface area is 85.7 Å². The summed E-state index contributed by atoms with van der Waals surface area (Å²) >= 11 is 0. The molecule has 0 bridgehead atoms. The van der Waals surface area contributed by atoms with Crippen LogP contribution in [0.2, 0.25) is 0 Å². The predicted octanol–water partition coefficient (Wildman–Crippen LogP) is 2.07. The van der Waals surface area contributed by atoms with Gasteiger partial charge in [-0.15, -0.1) is 0 Å². The van der Waals surface area contributed by atoms with Crippen molar-refractivity contribution in [3.8, 4) is 0 Å². The summed E-state index contributed by atoms with van der Waals surface area (Å²) in [4.78, 5) is 2.49. The van der Waals surface area contributed by atoms with E-state index in [9.17, 15) is 0 Å². The van der Waals surface area contributed by atoms with E-state index in [1.807, 2.05) is 12.1 Å². The van der Waals surface area contributed by atoms with Crippen LogP contribution in [0.3, 0.4) is 0 Å². The fourth-order valence-corrected chi connectivity index (χ4v) is 1.84. The molecule has 2 N–H and O–H groups in total. The number of hydrogen-bond donors (Lipinski definition) is 1. The summed E-state index contributed by atoms with van der Waals surface area (Å²) < 4.78 is 0. The van der Waals surface area contributed by atoms with Gasteiger partial charge >= 0.3 is 0 Å². The van der Waals surface area contributed by atoms with Gasteiger partial charge in [-0.1, -0.05) is 12.1 Å². The van der Waals surface area contributed by atoms with Crippen LogP contribution < -0.4 is 5.73 Å². The Bertz CT molecular complexity index is 273. The predicted molar refractivity (Wildman–Crippen MR) is 59.7 cm³/mol. The van der Waals surface area contributed by atoms with Gasteiger partial charge in [0.05, 0.1) is 0 Å². The van der Waals surface area contributed by atoms with Gasteiger partial charge in [-0.2, -0.15) is 0 Å². The molecule has 14 heavy (non-hydrogen) atoms. The minimum atomic E-state index is 0.848. The number of rotatable bonds is 2. The number of benzene rings is 1. The highest BCUT2D eigenvalue weighted by molar-refractivity contribution is 5.39. The number of piperidine rings is 1. The van der Waals surface area contributed by atoms with E-state index in [2.05, 4.69) is 23.5 Å². The molecule has 2 nitrogen and oxygen atoms in total. The summed E-state index contributed by atoms with van der Waals surface area (Å²) in [5.74, 6) is 0.